The topological polar surface area (TPSA) is 77.1 Å². The number of nitrogens with one attached hydrogen (secondary N) is 1. The summed E-state index contributed by atoms with van der Waals surface area (Å²) in [5, 5.41) is 7.90. The molecule has 0 fully saturated rings. The maximum atomic E-state index is 14.3. The van der Waals surface area contributed by atoms with E-state index in [0.717, 1.165) is 11.3 Å². The van der Waals surface area contributed by atoms with Crippen LogP contribution in [0.25, 0.3) is 10.6 Å². The fourth-order valence-corrected chi connectivity index (χ4v) is 3.38. The highest BCUT2D eigenvalue weighted by atomic mass is 32.1. The largest absolute Gasteiger partial charge is 0.356 e. The highest BCUT2D eigenvalue weighted by Gasteiger charge is 2.09. The minimum absolute atomic E-state index is 0.202. The Balaban J connectivity index is 1.54. The zero-order chi connectivity index (χ0) is 18.1. The summed E-state index contributed by atoms with van der Waals surface area (Å²) < 4.78 is 17.2. The quantitative estimate of drug-likeness (QED) is 0.584. The second-order valence-electron chi connectivity index (χ2n) is 5.65. The van der Waals surface area contributed by atoms with Crippen molar-refractivity contribution in [3.63, 3.8) is 0 Å². The average molecular weight is 370 g/mol. The minimum Gasteiger partial charge on any atom is -0.356 e. The Labute approximate surface area is 151 Å². The molecule has 0 radical (unpaired) electrons. The summed E-state index contributed by atoms with van der Waals surface area (Å²) in [6, 6.07) is 6.49. The van der Waals surface area contributed by atoms with Gasteiger partial charge in [-0.15, -0.1) is 5.10 Å². The molecule has 0 amide bonds. The summed E-state index contributed by atoms with van der Waals surface area (Å²) in [6.45, 7) is 2.33. The van der Waals surface area contributed by atoms with E-state index in [1.165, 1.54) is 28.0 Å². The molecule has 26 heavy (non-hydrogen) atoms. The van der Waals surface area contributed by atoms with Crippen LogP contribution in [0, 0.1) is 5.82 Å². The van der Waals surface area contributed by atoms with Crippen LogP contribution in [0.5, 0.6) is 0 Å². The zero-order valence-corrected chi connectivity index (χ0v) is 14.7. The third-order valence-electron chi connectivity index (χ3n) is 3.90. The number of hydrogen-bond donors (Lipinski definition) is 1. The Morgan fingerprint density at radius 1 is 1.31 bits per heavy atom. The normalized spacial score (nSPS) is 11.2. The molecule has 0 aliphatic carbocycles. The van der Waals surface area contributed by atoms with Gasteiger partial charge in [0.2, 0.25) is 10.1 Å². The number of anilines is 1. The summed E-state index contributed by atoms with van der Waals surface area (Å²) in [5.74, 6) is -0.336. The van der Waals surface area contributed by atoms with Gasteiger partial charge in [0.1, 0.15) is 5.82 Å². The Kier molecular flexibility index (Phi) is 4.21. The van der Waals surface area contributed by atoms with Gasteiger partial charge in [-0.3, -0.25) is 4.79 Å². The number of halogens is 1. The molecule has 0 unspecified atom stereocenters. The van der Waals surface area contributed by atoms with Gasteiger partial charge < -0.3 is 9.88 Å². The second-order valence-corrected chi connectivity index (χ2v) is 6.61. The zero-order valence-electron chi connectivity index (χ0n) is 13.9. The lowest BCUT2D eigenvalue weighted by molar-refractivity contribution is 0.616. The van der Waals surface area contributed by atoms with Gasteiger partial charge in [-0.2, -0.15) is 4.52 Å². The molecule has 7 nitrogen and oxygen atoms in total. The lowest BCUT2D eigenvalue weighted by Gasteiger charge is -2.07. The smallest absolute Gasteiger partial charge is 0.275 e. The lowest BCUT2D eigenvalue weighted by Crippen LogP contribution is -2.15. The van der Waals surface area contributed by atoms with Gasteiger partial charge in [0, 0.05) is 30.7 Å². The third-order valence-corrected chi connectivity index (χ3v) is 4.76. The van der Waals surface area contributed by atoms with Crippen molar-refractivity contribution in [3.8, 4) is 5.69 Å². The van der Waals surface area contributed by atoms with E-state index in [0.29, 0.717) is 28.7 Å². The van der Waals surface area contributed by atoms with Crippen molar-refractivity contribution >= 4 is 21.4 Å². The number of aromatic nitrogens is 5. The first-order valence-corrected chi connectivity index (χ1v) is 8.86. The molecule has 3 aromatic heterocycles. The van der Waals surface area contributed by atoms with Crippen LogP contribution in [0.2, 0.25) is 0 Å². The molecule has 1 aromatic carbocycles. The molecule has 0 spiro atoms. The van der Waals surface area contributed by atoms with Crippen molar-refractivity contribution in [3.05, 3.63) is 70.4 Å². The molecule has 4 aromatic rings. The van der Waals surface area contributed by atoms with E-state index in [4.69, 9.17) is 0 Å². The highest BCUT2D eigenvalue weighted by Crippen LogP contribution is 2.19. The van der Waals surface area contributed by atoms with Gasteiger partial charge in [-0.25, -0.2) is 14.4 Å². The van der Waals surface area contributed by atoms with Crippen molar-refractivity contribution in [1.82, 2.24) is 24.1 Å². The van der Waals surface area contributed by atoms with Crippen LogP contribution in [0.4, 0.5) is 9.52 Å². The van der Waals surface area contributed by atoms with E-state index in [1.54, 1.807) is 29.4 Å². The van der Waals surface area contributed by atoms with Gasteiger partial charge in [-0.05, 0) is 24.1 Å². The number of rotatable bonds is 5. The Morgan fingerprint density at radius 2 is 2.19 bits per heavy atom. The van der Waals surface area contributed by atoms with Gasteiger partial charge in [0.25, 0.3) is 5.56 Å². The first-order chi connectivity index (χ1) is 12.6. The number of aryl methyl sites for hydroxylation is 1. The predicted octanol–water partition coefficient (Wildman–Crippen LogP) is 2.65. The number of nitrogens with zero attached hydrogens (tertiary/aromatic N) is 5. The van der Waals surface area contributed by atoms with Crippen LogP contribution in [0.15, 0.2) is 47.8 Å². The Morgan fingerprint density at radius 3 is 2.92 bits per heavy atom. The highest BCUT2D eigenvalue weighted by molar-refractivity contribution is 7.20. The van der Waals surface area contributed by atoms with Crippen LogP contribution < -0.4 is 10.9 Å². The van der Waals surface area contributed by atoms with Crippen molar-refractivity contribution in [2.45, 2.75) is 19.9 Å². The van der Waals surface area contributed by atoms with E-state index >= 15 is 0 Å². The predicted molar refractivity (Wildman–Crippen MR) is 97.4 cm³/mol. The van der Waals surface area contributed by atoms with Gasteiger partial charge >= 0.3 is 0 Å². The van der Waals surface area contributed by atoms with Crippen LogP contribution in [-0.2, 0) is 13.0 Å². The molecule has 0 bridgehead atoms. The van der Waals surface area contributed by atoms with Gasteiger partial charge in [0.15, 0.2) is 0 Å². The molecule has 1 N–H and O–H groups in total. The molecule has 4 rings (SSSR count). The van der Waals surface area contributed by atoms with Gasteiger partial charge in [-0.1, -0.05) is 24.3 Å². The van der Waals surface area contributed by atoms with E-state index in [9.17, 15) is 9.18 Å². The van der Waals surface area contributed by atoms with Crippen LogP contribution in [0.1, 0.15) is 18.2 Å². The van der Waals surface area contributed by atoms with Crippen LogP contribution in [0.3, 0.4) is 0 Å². The maximum Gasteiger partial charge on any atom is 0.275 e. The molecule has 0 aliphatic rings. The third kappa shape index (κ3) is 3.08. The molecule has 0 atom stereocenters. The number of imidazole rings is 1. The fourth-order valence-electron chi connectivity index (χ4n) is 2.56. The van der Waals surface area contributed by atoms with Crippen molar-refractivity contribution in [2.24, 2.45) is 0 Å². The summed E-state index contributed by atoms with van der Waals surface area (Å²) in [7, 11) is 0. The standard InChI is InChI=1S/C17H15FN6OS/c1-2-12-8-15(25)24-17(21-12)26-16(22-24)20-9-11-3-4-14(13(18)7-11)23-6-5-19-10-23/h3-8,10H,2,9H2,1H3,(H,20,22). The number of benzene rings is 1. The van der Waals surface area contributed by atoms with Crippen LogP contribution in [-0.4, -0.2) is 24.1 Å². The monoisotopic (exact) mass is 370 g/mol. The number of hydrogen-bond acceptors (Lipinski definition) is 6. The maximum absolute atomic E-state index is 14.3. The Bertz CT molecular complexity index is 1120. The second kappa shape index (κ2) is 6.68. The molecule has 132 valence electrons. The molecule has 0 aliphatic heterocycles. The fraction of sp³-hybridized carbons (Fsp3) is 0.176. The number of fused-ring (bicyclic) bond motifs is 1. The van der Waals surface area contributed by atoms with E-state index < -0.39 is 0 Å². The van der Waals surface area contributed by atoms with Gasteiger partial charge in [0.05, 0.1) is 12.0 Å². The molecule has 9 heteroatoms. The Hall–Kier alpha value is -3.07. The summed E-state index contributed by atoms with van der Waals surface area (Å²) >= 11 is 1.29. The van der Waals surface area contributed by atoms with E-state index in [2.05, 4.69) is 20.4 Å². The molecule has 0 saturated carbocycles. The van der Waals surface area contributed by atoms with Crippen LogP contribution >= 0.6 is 11.3 Å². The van der Waals surface area contributed by atoms with Crippen molar-refractivity contribution in [1.29, 1.82) is 0 Å². The first kappa shape index (κ1) is 16.4. The van der Waals surface area contributed by atoms with Crippen molar-refractivity contribution < 1.29 is 4.39 Å². The van der Waals surface area contributed by atoms with E-state index in [-0.39, 0.29) is 11.4 Å². The molecular formula is C17H15FN6OS. The van der Waals surface area contributed by atoms with Crippen molar-refractivity contribution in [2.75, 3.05) is 5.32 Å². The molecular weight excluding hydrogens is 355 g/mol. The lowest BCUT2D eigenvalue weighted by atomic mass is 10.2. The summed E-state index contributed by atoms with van der Waals surface area (Å²) in [5.41, 5.74) is 1.74. The van der Waals surface area contributed by atoms with E-state index in [1.807, 2.05) is 13.0 Å². The average Bonchev–Trinajstić information content (AvgIpc) is 3.29. The first-order valence-electron chi connectivity index (χ1n) is 8.04. The minimum atomic E-state index is -0.336. The SMILES string of the molecule is CCc1cc(=O)n2nc(NCc3ccc(-n4ccnc4)c(F)c3)sc2n1. The summed E-state index contributed by atoms with van der Waals surface area (Å²) in [6.07, 6.45) is 5.52. The summed E-state index contributed by atoms with van der Waals surface area (Å²) in [4.78, 5) is 20.9. The molecule has 3 heterocycles. The molecule has 0 saturated heterocycles.